The van der Waals surface area contributed by atoms with Crippen LogP contribution < -0.4 is 10.9 Å². The summed E-state index contributed by atoms with van der Waals surface area (Å²) < 4.78 is 5.31. The van der Waals surface area contributed by atoms with Gasteiger partial charge >= 0.3 is 5.97 Å². The van der Waals surface area contributed by atoms with E-state index in [1.165, 1.54) is 0 Å². The highest BCUT2D eigenvalue weighted by atomic mass is 16.6. The highest BCUT2D eigenvalue weighted by molar-refractivity contribution is 5.96. The van der Waals surface area contributed by atoms with Gasteiger partial charge in [-0.15, -0.1) is 0 Å². The summed E-state index contributed by atoms with van der Waals surface area (Å²) in [5, 5.41) is 0. The minimum Gasteiger partial charge on any atom is -0.462 e. The number of hydrogen-bond acceptors (Lipinski definition) is 4. The number of amides is 2. The third-order valence-electron chi connectivity index (χ3n) is 5.12. The molecule has 1 heterocycles. The predicted molar refractivity (Wildman–Crippen MR) is 75.1 cm³/mol. The van der Waals surface area contributed by atoms with Crippen molar-refractivity contribution in [3.8, 4) is 0 Å². The Hall–Kier alpha value is -2.37. The Morgan fingerprint density at radius 1 is 1.09 bits per heavy atom. The van der Waals surface area contributed by atoms with Crippen LogP contribution in [0.1, 0.15) is 23.2 Å². The number of carbonyl (C=O) groups excluding carboxylic acids is 3. The molecular formula is C16H16N2O4. The molecule has 1 aliphatic heterocycles. The minimum atomic E-state index is -0.382. The average molecular weight is 300 g/mol. The molecule has 3 aliphatic rings. The summed E-state index contributed by atoms with van der Waals surface area (Å²) in [5.41, 5.74) is 5.35. The van der Waals surface area contributed by atoms with E-state index < -0.39 is 0 Å². The lowest BCUT2D eigenvalue weighted by molar-refractivity contribution is -0.146. The lowest BCUT2D eigenvalue weighted by Gasteiger charge is -2.23. The number of nitrogens with one attached hydrogen (secondary N) is 2. The number of ether oxygens (including phenoxy) is 1. The molecular weight excluding hydrogens is 284 g/mol. The van der Waals surface area contributed by atoms with Gasteiger partial charge in [0.2, 0.25) is 5.91 Å². The summed E-state index contributed by atoms with van der Waals surface area (Å²) in [6.45, 7) is 0. The van der Waals surface area contributed by atoms with Gasteiger partial charge in [0, 0.05) is 11.5 Å². The number of carbonyl (C=O) groups is 3. The van der Waals surface area contributed by atoms with Crippen LogP contribution in [0.2, 0.25) is 0 Å². The molecule has 2 N–H and O–H groups in total. The minimum absolute atomic E-state index is 0.00506. The normalized spacial score (nSPS) is 34.4. The highest BCUT2D eigenvalue weighted by Crippen LogP contribution is 2.57. The van der Waals surface area contributed by atoms with Gasteiger partial charge < -0.3 is 4.74 Å². The van der Waals surface area contributed by atoms with Crippen LogP contribution in [0.25, 0.3) is 0 Å². The molecule has 1 saturated heterocycles. The van der Waals surface area contributed by atoms with Crippen molar-refractivity contribution in [2.75, 3.05) is 0 Å². The second kappa shape index (κ2) is 4.83. The lowest BCUT2D eigenvalue weighted by Crippen LogP contribution is -2.48. The number of esters is 1. The van der Waals surface area contributed by atoms with E-state index in [1.54, 1.807) is 24.3 Å². The van der Waals surface area contributed by atoms with Crippen molar-refractivity contribution in [3.63, 3.8) is 0 Å². The molecule has 2 bridgehead atoms. The highest BCUT2D eigenvalue weighted by Gasteiger charge is 2.63. The van der Waals surface area contributed by atoms with E-state index in [-0.39, 0.29) is 47.6 Å². The predicted octanol–water partition coefficient (Wildman–Crippen LogP) is 0.645. The second-order valence-electron chi connectivity index (χ2n) is 6.23. The fourth-order valence-electron chi connectivity index (χ4n) is 4.23. The van der Waals surface area contributed by atoms with Crippen LogP contribution in [-0.2, 0) is 14.3 Å². The van der Waals surface area contributed by atoms with Gasteiger partial charge in [-0.2, -0.15) is 0 Å². The van der Waals surface area contributed by atoms with Crippen molar-refractivity contribution >= 4 is 17.8 Å². The zero-order valence-electron chi connectivity index (χ0n) is 11.8. The second-order valence-corrected chi connectivity index (χ2v) is 6.23. The first-order valence-corrected chi connectivity index (χ1v) is 7.51. The summed E-state index contributed by atoms with van der Waals surface area (Å²) in [6, 6.07) is 8.64. The summed E-state index contributed by atoms with van der Waals surface area (Å²) in [6.07, 6.45) is 1.63. The van der Waals surface area contributed by atoms with E-state index in [0.717, 1.165) is 12.8 Å². The van der Waals surface area contributed by atoms with Gasteiger partial charge in [-0.25, -0.2) is 0 Å². The molecule has 6 nitrogen and oxygen atoms in total. The van der Waals surface area contributed by atoms with Crippen LogP contribution in [0.4, 0.5) is 0 Å². The van der Waals surface area contributed by atoms with Gasteiger partial charge in [0.15, 0.2) is 0 Å². The van der Waals surface area contributed by atoms with Gasteiger partial charge in [0.1, 0.15) is 6.10 Å². The monoisotopic (exact) mass is 300 g/mol. The quantitative estimate of drug-likeness (QED) is 0.620. The largest absolute Gasteiger partial charge is 0.462 e. The van der Waals surface area contributed by atoms with E-state index in [9.17, 15) is 14.4 Å². The zero-order chi connectivity index (χ0) is 15.3. The van der Waals surface area contributed by atoms with Crippen molar-refractivity contribution in [1.82, 2.24) is 10.9 Å². The molecule has 3 fully saturated rings. The maximum absolute atomic E-state index is 12.4. The maximum atomic E-state index is 12.4. The van der Waals surface area contributed by atoms with E-state index in [4.69, 9.17) is 4.74 Å². The smallest absolute Gasteiger partial charge is 0.310 e. The summed E-state index contributed by atoms with van der Waals surface area (Å²) in [5.74, 6) is -1.28. The van der Waals surface area contributed by atoms with E-state index in [1.807, 2.05) is 6.07 Å². The molecule has 6 heteroatoms. The van der Waals surface area contributed by atoms with Gasteiger partial charge in [-0.1, -0.05) is 18.2 Å². The Morgan fingerprint density at radius 2 is 1.86 bits per heavy atom. The van der Waals surface area contributed by atoms with E-state index >= 15 is 0 Å². The SMILES string of the molecule is O=C(NNC(=O)[C@@H]1[C@@H]2C[C@@H]3[C@H]1C(=O)O[C@H]3C2)c1ccccc1. The van der Waals surface area contributed by atoms with Crippen LogP contribution >= 0.6 is 0 Å². The van der Waals surface area contributed by atoms with Crippen LogP contribution in [0.5, 0.6) is 0 Å². The number of rotatable bonds is 2. The summed E-state index contributed by atoms with van der Waals surface area (Å²) >= 11 is 0. The number of hydrazine groups is 1. The molecule has 2 saturated carbocycles. The Labute approximate surface area is 127 Å². The first kappa shape index (κ1) is 13.3. The maximum Gasteiger partial charge on any atom is 0.310 e. The average Bonchev–Trinajstić information content (AvgIpc) is 3.15. The molecule has 0 unspecified atom stereocenters. The van der Waals surface area contributed by atoms with Crippen molar-refractivity contribution in [2.45, 2.75) is 18.9 Å². The van der Waals surface area contributed by atoms with Crippen molar-refractivity contribution in [3.05, 3.63) is 35.9 Å². The van der Waals surface area contributed by atoms with Gasteiger partial charge in [-0.05, 0) is 30.9 Å². The first-order valence-electron chi connectivity index (χ1n) is 7.51. The third kappa shape index (κ3) is 1.90. The molecule has 4 rings (SSSR count). The molecule has 0 radical (unpaired) electrons. The van der Waals surface area contributed by atoms with Crippen LogP contribution in [0.3, 0.4) is 0 Å². The molecule has 114 valence electrons. The van der Waals surface area contributed by atoms with Gasteiger partial charge in [0.25, 0.3) is 5.91 Å². The standard InChI is InChI=1S/C16H16N2O4/c19-14(8-4-2-1-3-5-8)17-18-15(20)12-9-6-10-11(7-9)22-16(21)13(10)12/h1-5,9-13H,6-7H2,(H,17,19)(H,18,20)/t9-,10+,11+,12-,13-/m1/s1. The third-order valence-corrected chi connectivity index (χ3v) is 5.12. The zero-order valence-corrected chi connectivity index (χ0v) is 11.8. The summed E-state index contributed by atoms with van der Waals surface area (Å²) in [4.78, 5) is 36.2. The van der Waals surface area contributed by atoms with Gasteiger partial charge in [-0.3, -0.25) is 25.2 Å². The van der Waals surface area contributed by atoms with Gasteiger partial charge in [0.05, 0.1) is 11.8 Å². The Kier molecular flexibility index (Phi) is 2.92. The number of fused-ring (bicyclic) bond motifs is 1. The molecule has 1 aromatic carbocycles. The van der Waals surface area contributed by atoms with Crippen molar-refractivity contribution < 1.29 is 19.1 Å². The lowest BCUT2D eigenvalue weighted by atomic mass is 9.79. The van der Waals surface area contributed by atoms with Crippen LogP contribution in [-0.4, -0.2) is 23.9 Å². The Bertz CT molecular complexity index is 643. The molecule has 0 aromatic heterocycles. The molecule has 1 aromatic rings. The molecule has 2 amide bonds. The first-order chi connectivity index (χ1) is 10.6. The van der Waals surface area contributed by atoms with E-state index in [2.05, 4.69) is 10.9 Å². The fourth-order valence-corrected chi connectivity index (χ4v) is 4.23. The van der Waals surface area contributed by atoms with Crippen LogP contribution in [0.15, 0.2) is 30.3 Å². The van der Waals surface area contributed by atoms with Crippen molar-refractivity contribution in [2.24, 2.45) is 23.7 Å². The Balaban J connectivity index is 1.41. The summed E-state index contributed by atoms with van der Waals surface area (Å²) in [7, 11) is 0. The molecule has 22 heavy (non-hydrogen) atoms. The topological polar surface area (TPSA) is 84.5 Å². The van der Waals surface area contributed by atoms with E-state index in [0.29, 0.717) is 5.56 Å². The molecule has 2 aliphatic carbocycles. The number of benzene rings is 1. The fraction of sp³-hybridized carbons (Fsp3) is 0.438. The number of hydrogen-bond donors (Lipinski definition) is 2. The Morgan fingerprint density at radius 3 is 2.64 bits per heavy atom. The molecule has 0 spiro atoms. The molecule has 5 atom stereocenters. The van der Waals surface area contributed by atoms with Crippen LogP contribution in [0, 0.1) is 23.7 Å². The van der Waals surface area contributed by atoms with Crippen molar-refractivity contribution in [1.29, 1.82) is 0 Å².